The number of hydrogen-bond donors (Lipinski definition) is 1. The van der Waals surface area contributed by atoms with Crippen molar-refractivity contribution in [1.82, 2.24) is 14.6 Å². The maximum atomic E-state index is 11.3. The van der Waals surface area contributed by atoms with Gasteiger partial charge in [0.2, 0.25) is 5.88 Å². The number of carboxylic acids is 1. The molecule has 0 fully saturated rings. The number of nitrogens with zero attached hydrogens (tertiary/aromatic N) is 3. The second-order valence-electron chi connectivity index (χ2n) is 4.14. The summed E-state index contributed by atoms with van der Waals surface area (Å²) in [6.45, 7) is 0. The molecule has 1 aromatic carbocycles. The highest BCUT2D eigenvalue weighted by molar-refractivity contribution is 5.92. The largest absolute Gasteiger partial charge is 0.493 e. The molecule has 7 heteroatoms. The molecule has 0 saturated carbocycles. The number of ether oxygens (including phenoxy) is 2. The van der Waals surface area contributed by atoms with Crippen molar-refractivity contribution in [2.75, 3.05) is 7.11 Å². The maximum absolute atomic E-state index is 11.3. The fraction of sp³-hybridized carbons (Fsp3) is 0.0714. The van der Waals surface area contributed by atoms with Gasteiger partial charge in [-0.25, -0.2) is 9.31 Å². The van der Waals surface area contributed by atoms with Crippen LogP contribution in [0.3, 0.4) is 0 Å². The fourth-order valence-electron chi connectivity index (χ4n) is 1.91. The predicted octanol–water partition coefficient (Wildman–Crippen LogP) is 2.23. The summed E-state index contributed by atoms with van der Waals surface area (Å²) in [6.07, 6.45) is 3.28. The zero-order valence-corrected chi connectivity index (χ0v) is 11.1. The normalized spacial score (nSPS) is 10.5. The third kappa shape index (κ3) is 2.36. The Labute approximate surface area is 119 Å². The number of hydrogen-bond acceptors (Lipinski definition) is 5. The fourth-order valence-corrected chi connectivity index (χ4v) is 1.91. The van der Waals surface area contributed by atoms with Crippen LogP contribution in [0.5, 0.6) is 17.4 Å². The number of benzene rings is 1. The first-order valence-corrected chi connectivity index (χ1v) is 6.07. The van der Waals surface area contributed by atoms with Gasteiger partial charge in [0, 0.05) is 18.3 Å². The third-order valence-electron chi connectivity index (χ3n) is 2.87. The smallest absolute Gasteiger partial charge is 0.339 e. The molecule has 0 unspecified atom stereocenters. The Balaban J connectivity index is 2.05. The summed E-state index contributed by atoms with van der Waals surface area (Å²) in [7, 11) is 1.45. The Morgan fingerprint density at radius 3 is 2.90 bits per heavy atom. The SMILES string of the molecule is COc1cccc(C(=O)O)c1Oc1ccn2nccc2n1. The lowest BCUT2D eigenvalue weighted by molar-refractivity contribution is 0.0693. The van der Waals surface area contributed by atoms with Crippen LogP contribution in [-0.2, 0) is 0 Å². The van der Waals surface area contributed by atoms with Crippen molar-refractivity contribution in [1.29, 1.82) is 0 Å². The first-order valence-electron chi connectivity index (χ1n) is 6.07. The van der Waals surface area contributed by atoms with Crippen LogP contribution in [0.25, 0.3) is 5.65 Å². The maximum Gasteiger partial charge on any atom is 0.339 e. The molecule has 0 atom stereocenters. The van der Waals surface area contributed by atoms with Gasteiger partial charge in [-0.3, -0.25) is 0 Å². The average Bonchev–Trinajstić information content (AvgIpc) is 2.94. The number of rotatable bonds is 4. The summed E-state index contributed by atoms with van der Waals surface area (Å²) in [6, 6.07) is 7.96. The minimum Gasteiger partial charge on any atom is -0.493 e. The quantitative estimate of drug-likeness (QED) is 0.791. The Morgan fingerprint density at radius 1 is 1.29 bits per heavy atom. The average molecular weight is 285 g/mol. The van der Waals surface area contributed by atoms with Crippen molar-refractivity contribution < 1.29 is 19.4 Å². The number of fused-ring (bicyclic) bond motifs is 1. The summed E-state index contributed by atoms with van der Waals surface area (Å²) >= 11 is 0. The lowest BCUT2D eigenvalue weighted by atomic mass is 10.2. The zero-order chi connectivity index (χ0) is 14.8. The van der Waals surface area contributed by atoms with E-state index in [2.05, 4.69) is 10.1 Å². The molecule has 3 rings (SSSR count). The van der Waals surface area contributed by atoms with E-state index in [-0.39, 0.29) is 17.2 Å². The summed E-state index contributed by atoms with van der Waals surface area (Å²) in [5.74, 6) is -0.404. The summed E-state index contributed by atoms with van der Waals surface area (Å²) < 4.78 is 12.3. The van der Waals surface area contributed by atoms with Crippen LogP contribution in [-0.4, -0.2) is 32.8 Å². The lowest BCUT2D eigenvalue weighted by Crippen LogP contribution is -2.03. The highest BCUT2D eigenvalue weighted by Crippen LogP contribution is 2.34. The van der Waals surface area contributed by atoms with Crippen molar-refractivity contribution in [3.8, 4) is 17.4 Å². The standard InChI is InChI=1S/C14H11N3O4/c1-20-10-4-2-3-9(14(18)19)13(10)21-12-6-8-17-11(16-12)5-7-15-17/h2-8H,1H3,(H,18,19). The van der Waals surface area contributed by atoms with E-state index in [1.807, 2.05) is 0 Å². The molecule has 7 nitrogen and oxygen atoms in total. The predicted molar refractivity (Wildman–Crippen MR) is 73.0 cm³/mol. The number of aromatic carboxylic acids is 1. The van der Waals surface area contributed by atoms with Crippen LogP contribution in [0.4, 0.5) is 0 Å². The van der Waals surface area contributed by atoms with E-state index in [0.29, 0.717) is 11.4 Å². The molecule has 2 heterocycles. The molecule has 21 heavy (non-hydrogen) atoms. The van der Waals surface area contributed by atoms with E-state index < -0.39 is 5.97 Å². The number of para-hydroxylation sites is 1. The molecule has 3 aromatic rings. The Kier molecular flexibility index (Phi) is 3.15. The van der Waals surface area contributed by atoms with Crippen LogP contribution >= 0.6 is 0 Å². The Hall–Kier alpha value is -3.09. The van der Waals surface area contributed by atoms with Crippen molar-refractivity contribution in [2.45, 2.75) is 0 Å². The van der Waals surface area contributed by atoms with Gasteiger partial charge in [-0.15, -0.1) is 0 Å². The van der Waals surface area contributed by atoms with Gasteiger partial charge in [0.1, 0.15) is 5.56 Å². The van der Waals surface area contributed by atoms with Gasteiger partial charge < -0.3 is 14.6 Å². The van der Waals surface area contributed by atoms with Crippen molar-refractivity contribution in [3.63, 3.8) is 0 Å². The van der Waals surface area contributed by atoms with Gasteiger partial charge in [0.25, 0.3) is 0 Å². The molecule has 0 aliphatic rings. The minimum absolute atomic E-state index is 0.00420. The minimum atomic E-state index is -1.10. The molecule has 2 aromatic heterocycles. The third-order valence-corrected chi connectivity index (χ3v) is 2.87. The lowest BCUT2D eigenvalue weighted by Gasteiger charge is -2.12. The van der Waals surface area contributed by atoms with E-state index in [9.17, 15) is 9.90 Å². The number of carboxylic acid groups (broad SMARTS) is 1. The molecule has 0 spiro atoms. The molecule has 0 amide bonds. The van der Waals surface area contributed by atoms with Crippen LogP contribution < -0.4 is 9.47 Å². The Morgan fingerprint density at radius 2 is 2.14 bits per heavy atom. The second-order valence-corrected chi connectivity index (χ2v) is 4.14. The topological polar surface area (TPSA) is 86.0 Å². The van der Waals surface area contributed by atoms with E-state index in [4.69, 9.17) is 9.47 Å². The van der Waals surface area contributed by atoms with Crippen molar-refractivity contribution >= 4 is 11.6 Å². The van der Waals surface area contributed by atoms with E-state index in [1.165, 1.54) is 13.2 Å². The van der Waals surface area contributed by atoms with Gasteiger partial charge in [-0.1, -0.05) is 6.07 Å². The van der Waals surface area contributed by atoms with Gasteiger partial charge >= 0.3 is 5.97 Å². The summed E-state index contributed by atoms with van der Waals surface area (Å²) in [5, 5.41) is 13.3. The summed E-state index contributed by atoms with van der Waals surface area (Å²) in [5.41, 5.74) is 0.601. The molecular formula is C14H11N3O4. The van der Waals surface area contributed by atoms with Crippen LogP contribution in [0.1, 0.15) is 10.4 Å². The molecular weight excluding hydrogens is 274 g/mol. The second kappa shape index (κ2) is 5.12. The molecule has 0 saturated heterocycles. The van der Waals surface area contributed by atoms with E-state index >= 15 is 0 Å². The van der Waals surface area contributed by atoms with Crippen molar-refractivity contribution in [3.05, 3.63) is 48.3 Å². The molecule has 0 aliphatic heterocycles. The first-order chi connectivity index (χ1) is 10.2. The van der Waals surface area contributed by atoms with Gasteiger partial charge in [-0.2, -0.15) is 10.1 Å². The number of carbonyl (C=O) groups is 1. The van der Waals surface area contributed by atoms with Gasteiger partial charge in [0.05, 0.1) is 13.3 Å². The van der Waals surface area contributed by atoms with Gasteiger partial charge in [-0.05, 0) is 12.1 Å². The molecule has 0 radical (unpaired) electrons. The highest BCUT2D eigenvalue weighted by atomic mass is 16.5. The highest BCUT2D eigenvalue weighted by Gasteiger charge is 2.17. The van der Waals surface area contributed by atoms with E-state index in [0.717, 1.165) is 0 Å². The first kappa shape index (κ1) is 12.9. The van der Waals surface area contributed by atoms with Crippen LogP contribution in [0, 0.1) is 0 Å². The molecule has 1 N–H and O–H groups in total. The molecule has 0 bridgehead atoms. The monoisotopic (exact) mass is 285 g/mol. The summed E-state index contributed by atoms with van der Waals surface area (Å²) in [4.78, 5) is 15.5. The molecule has 106 valence electrons. The van der Waals surface area contributed by atoms with Crippen LogP contribution in [0.15, 0.2) is 42.7 Å². The van der Waals surface area contributed by atoms with Crippen molar-refractivity contribution in [2.24, 2.45) is 0 Å². The Bertz CT molecular complexity index is 813. The van der Waals surface area contributed by atoms with Gasteiger partial charge in [0.15, 0.2) is 17.1 Å². The number of aromatic nitrogens is 3. The van der Waals surface area contributed by atoms with E-state index in [1.54, 1.807) is 41.2 Å². The van der Waals surface area contributed by atoms with Crippen LogP contribution in [0.2, 0.25) is 0 Å². The number of methoxy groups -OCH3 is 1. The zero-order valence-electron chi connectivity index (χ0n) is 11.1. The molecule has 0 aliphatic carbocycles.